The van der Waals surface area contributed by atoms with Crippen LogP contribution in [0.1, 0.15) is 32.7 Å². The molecule has 28 heavy (non-hydrogen) atoms. The number of H-pyrrole nitrogens is 1. The summed E-state index contributed by atoms with van der Waals surface area (Å²) in [5, 5.41) is 1.09. The monoisotopic (exact) mass is 376 g/mol. The molecular formula is C22H20N2O4. The highest BCUT2D eigenvalue weighted by Gasteiger charge is 2.38. The fourth-order valence-electron chi connectivity index (χ4n) is 4.33. The average Bonchev–Trinajstić information content (AvgIpc) is 3.35. The van der Waals surface area contributed by atoms with Gasteiger partial charge in [-0.05, 0) is 28.8 Å². The first-order valence-corrected chi connectivity index (χ1v) is 9.33. The highest BCUT2D eigenvalue weighted by molar-refractivity contribution is 5.99. The molecule has 1 amide bonds. The Balaban J connectivity index is 1.58. The molecule has 142 valence electrons. The third kappa shape index (κ3) is 2.52. The van der Waals surface area contributed by atoms with Crippen LogP contribution >= 0.6 is 0 Å². The van der Waals surface area contributed by atoms with Crippen molar-refractivity contribution in [1.82, 2.24) is 9.88 Å². The zero-order chi connectivity index (χ0) is 19.3. The van der Waals surface area contributed by atoms with E-state index in [0.29, 0.717) is 31.7 Å². The Bertz CT molecular complexity index is 1100. The molecule has 0 radical (unpaired) electrons. The molecule has 0 unspecified atom stereocenters. The van der Waals surface area contributed by atoms with Crippen molar-refractivity contribution in [3.05, 3.63) is 70.4 Å². The van der Waals surface area contributed by atoms with Gasteiger partial charge in [-0.25, -0.2) is 4.79 Å². The second-order valence-corrected chi connectivity index (χ2v) is 7.24. The Hall–Kier alpha value is -3.12. The molecule has 3 aromatic rings. The Morgan fingerprint density at radius 3 is 2.82 bits per heavy atom. The number of carbonyl (C=O) groups is 2. The number of aromatic amines is 1. The lowest BCUT2D eigenvalue weighted by Crippen LogP contribution is -2.49. The fraction of sp³-hybridized carbons (Fsp3) is 0.273. The van der Waals surface area contributed by atoms with E-state index in [0.717, 1.165) is 33.3 Å². The third-order valence-corrected chi connectivity index (χ3v) is 5.75. The predicted octanol–water partition coefficient (Wildman–Crippen LogP) is 2.94. The van der Waals surface area contributed by atoms with Gasteiger partial charge in [0, 0.05) is 28.6 Å². The number of aromatic nitrogens is 1. The quantitative estimate of drug-likeness (QED) is 0.698. The van der Waals surface area contributed by atoms with Crippen LogP contribution in [0.25, 0.3) is 10.9 Å². The van der Waals surface area contributed by atoms with E-state index in [1.807, 2.05) is 42.5 Å². The molecule has 1 aromatic heterocycles. The molecule has 0 bridgehead atoms. The van der Waals surface area contributed by atoms with Gasteiger partial charge in [-0.1, -0.05) is 30.3 Å². The zero-order valence-corrected chi connectivity index (χ0v) is 15.5. The van der Waals surface area contributed by atoms with Crippen molar-refractivity contribution in [3.8, 4) is 0 Å². The van der Waals surface area contributed by atoms with Gasteiger partial charge < -0.3 is 19.4 Å². The average molecular weight is 376 g/mol. The first-order valence-electron chi connectivity index (χ1n) is 9.33. The van der Waals surface area contributed by atoms with E-state index in [1.54, 1.807) is 4.90 Å². The van der Waals surface area contributed by atoms with Crippen LogP contribution in [0, 0.1) is 0 Å². The number of carbonyl (C=O) groups excluding carboxylic acids is 2. The van der Waals surface area contributed by atoms with Crippen LogP contribution in [0.2, 0.25) is 0 Å². The number of methoxy groups -OCH3 is 1. The normalized spacial score (nSPS) is 18.0. The summed E-state index contributed by atoms with van der Waals surface area (Å²) in [6.07, 6.45) is 0.434. The van der Waals surface area contributed by atoms with Crippen LogP contribution in [0.15, 0.2) is 42.5 Å². The Morgan fingerprint density at radius 1 is 1.11 bits per heavy atom. The molecular weight excluding hydrogens is 356 g/mol. The number of fused-ring (bicyclic) bond motifs is 4. The lowest BCUT2D eigenvalue weighted by Gasteiger charge is -2.34. The fourth-order valence-corrected chi connectivity index (χ4v) is 4.33. The van der Waals surface area contributed by atoms with Crippen LogP contribution in [-0.2, 0) is 40.4 Å². The largest absolute Gasteiger partial charge is 0.467 e. The van der Waals surface area contributed by atoms with E-state index in [-0.39, 0.29) is 5.91 Å². The molecule has 6 nitrogen and oxygen atoms in total. The van der Waals surface area contributed by atoms with Gasteiger partial charge in [-0.15, -0.1) is 0 Å². The van der Waals surface area contributed by atoms with E-state index in [9.17, 15) is 9.59 Å². The van der Waals surface area contributed by atoms with Gasteiger partial charge in [-0.2, -0.15) is 0 Å². The molecule has 3 heterocycles. The molecule has 2 aromatic carbocycles. The lowest BCUT2D eigenvalue weighted by atomic mass is 9.94. The number of nitrogens with one attached hydrogen (secondary N) is 1. The SMILES string of the molecule is COC(=O)[C@@H]1Cc2c([nH]c3ccccc23)CN1C(=O)c1cccc2c1COC2. The van der Waals surface area contributed by atoms with Crippen molar-refractivity contribution in [2.45, 2.75) is 32.2 Å². The number of rotatable bonds is 2. The third-order valence-electron chi connectivity index (χ3n) is 5.75. The topological polar surface area (TPSA) is 71.6 Å². The van der Waals surface area contributed by atoms with Crippen molar-refractivity contribution < 1.29 is 19.1 Å². The first-order chi connectivity index (χ1) is 13.7. The van der Waals surface area contributed by atoms with Crippen LogP contribution in [0.5, 0.6) is 0 Å². The maximum absolute atomic E-state index is 13.5. The van der Waals surface area contributed by atoms with Crippen molar-refractivity contribution in [3.63, 3.8) is 0 Å². The molecule has 0 saturated heterocycles. The number of esters is 1. The number of hydrogen-bond donors (Lipinski definition) is 1. The molecule has 1 atom stereocenters. The van der Waals surface area contributed by atoms with Crippen molar-refractivity contribution in [2.24, 2.45) is 0 Å². The summed E-state index contributed by atoms with van der Waals surface area (Å²) in [6.45, 7) is 1.28. The van der Waals surface area contributed by atoms with Crippen LogP contribution in [-0.4, -0.2) is 34.9 Å². The summed E-state index contributed by atoms with van der Waals surface area (Å²) in [5.41, 5.74) is 5.61. The number of amides is 1. The highest BCUT2D eigenvalue weighted by Crippen LogP contribution is 2.33. The van der Waals surface area contributed by atoms with E-state index >= 15 is 0 Å². The molecule has 2 aliphatic heterocycles. The van der Waals surface area contributed by atoms with Crippen molar-refractivity contribution >= 4 is 22.8 Å². The minimum Gasteiger partial charge on any atom is -0.467 e. The molecule has 1 N–H and O–H groups in total. The van der Waals surface area contributed by atoms with Gasteiger partial charge in [0.05, 0.1) is 26.9 Å². The van der Waals surface area contributed by atoms with E-state index in [4.69, 9.17) is 9.47 Å². The van der Waals surface area contributed by atoms with Gasteiger partial charge >= 0.3 is 5.97 Å². The molecule has 6 heteroatoms. The minimum absolute atomic E-state index is 0.165. The Kier molecular flexibility index (Phi) is 3.94. The minimum atomic E-state index is -0.651. The summed E-state index contributed by atoms with van der Waals surface area (Å²) in [7, 11) is 1.36. The van der Waals surface area contributed by atoms with Gasteiger partial charge in [-0.3, -0.25) is 4.79 Å². The summed E-state index contributed by atoms with van der Waals surface area (Å²) in [5.74, 6) is -0.560. The number of hydrogen-bond acceptors (Lipinski definition) is 4. The summed E-state index contributed by atoms with van der Waals surface area (Å²) in [6, 6.07) is 13.0. The maximum atomic E-state index is 13.5. The van der Waals surface area contributed by atoms with E-state index < -0.39 is 12.0 Å². The van der Waals surface area contributed by atoms with Crippen LogP contribution in [0.3, 0.4) is 0 Å². The van der Waals surface area contributed by atoms with Crippen molar-refractivity contribution in [2.75, 3.05) is 7.11 Å². The second kappa shape index (κ2) is 6.49. The number of para-hydroxylation sites is 1. The summed E-state index contributed by atoms with van der Waals surface area (Å²) >= 11 is 0. The molecule has 0 fully saturated rings. The number of benzene rings is 2. The van der Waals surface area contributed by atoms with E-state index in [1.165, 1.54) is 7.11 Å². The molecule has 5 rings (SSSR count). The number of nitrogens with zero attached hydrogens (tertiary/aromatic N) is 1. The van der Waals surface area contributed by atoms with Crippen molar-refractivity contribution in [1.29, 1.82) is 0 Å². The van der Waals surface area contributed by atoms with Crippen LogP contribution in [0.4, 0.5) is 0 Å². The maximum Gasteiger partial charge on any atom is 0.328 e. The Morgan fingerprint density at radius 2 is 1.96 bits per heavy atom. The lowest BCUT2D eigenvalue weighted by molar-refractivity contribution is -0.146. The summed E-state index contributed by atoms with van der Waals surface area (Å²) in [4.78, 5) is 31.1. The standard InChI is InChI=1S/C22H20N2O4/c1-27-22(26)20-9-16-14-6-2-3-8-18(14)23-19(16)10-24(20)21(25)15-7-4-5-13-11-28-12-17(13)15/h2-8,20,23H,9-12H2,1H3/t20-/m0/s1. The van der Waals surface area contributed by atoms with E-state index in [2.05, 4.69) is 4.98 Å². The van der Waals surface area contributed by atoms with Gasteiger partial charge in [0.1, 0.15) is 6.04 Å². The summed E-state index contributed by atoms with van der Waals surface area (Å²) < 4.78 is 10.6. The molecule has 0 spiro atoms. The Labute approximate surface area is 162 Å². The highest BCUT2D eigenvalue weighted by atomic mass is 16.5. The van der Waals surface area contributed by atoms with Gasteiger partial charge in [0.15, 0.2) is 0 Å². The van der Waals surface area contributed by atoms with Gasteiger partial charge in [0.2, 0.25) is 0 Å². The number of ether oxygens (including phenoxy) is 2. The predicted molar refractivity (Wildman–Crippen MR) is 103 cm³/mol. The first kappa shape index (κ1) is 17.0. The molecule has 0 aliphatic carbocycles. The second-order valence-electron chi connectivity index (χ2n) is 7.24. The molecule has 0 saturated carbocycles. The smallest absolute Gasteiger partial charge is 0.328 e. The molecule has 2 aliphatic rings. The zero-order valence-electron chi connectivity index (χ0n) is 15.5. The van der Waals surface area contributed by atoms with Crippen LogP contribution < -0.4 is 0 Å². The van der Waals surface area contributed by atoms with Gasteiger partial charge in [0.25, 0.3) is 5.91 Å².